The van der Waals surface area contributed by atoms with E-state index in [9.17, 15) is 4.79 Å². The Morgan fingerprint density at radius 2 is 1.76 bits per heavy atom. The summed E-state index contributed by atoms with van der Waals surface area (Å²) in [7, 11) is 0. The molecule has 3 heteroatoms. The van der Waals surface area contributed by atoms with Gasteiger partial charge in [-0.2, -0.15) is 0 Å². The van der Waals surface area contributed by atoms with Crippen LogP contribution in [0, 0.1) is 6.92 Å². The fraction of sp³-hybridized carbons (Fsp3) is 0.269. The zero-order chi connectivity index (χ0) is 20.5. The summed E-state index contributed by atoms with van der Waals surface area (Å²) >= 11 is 0. The lowest BCUT2D eigenvalue weighted by atomic mass is 10.1. The first-order valence-electron chi connectivity index (χ1n) is 10.4. The first kappa shape index (κ1) is 20.7. The van der Waals surface area contributed by atoms with Crippen LogP contribution in [-0.4, -0.2) is 21.9 Å². The van der Waals surface area contributed by atoms with Crippen molar-refractivity contribution in [3.63, 3.8) is 0 Å². The fourth-order valence-corrected chi connectivity index (χ4v) is 3.37. The normalized spacial score (nSPS) is 11.1. The summed E-state index contributed by atoms with van der Waals surface area (Å²) in [6.45, 7) is 6.51. The Labute approximate surface area is 174 Å². The molecule has 3 aromatic rings. The molecule has 0 unspecified atom stereocenters. The van der Waals surface area contributed by atoms with Crippen LogP contribution in [0.15, 0.2) is 79.0 Å². The number of hydrogen-bond donors (Lipinski definition) is 0. The lowest BCUT2D eigenvalue weighted by molar-refractivity contribution is -0.126. The molecule has 1 amide bonds. The number of hydrogen-bond acceptors (Lipinski definition) is 1. The molecule has 2 aromatic carbocycles. The van der Waals surface area contributed by atoms with E-state index in [1.165, 1.54) is 11.1 Å². The molecule has 1 heterocycles. The minimum atomic E-state index is 0.0611. The van der Waals surface area contributed by atoms with Gasteiger partial charge in [-0.1, -0.05) is 67.9 Å². The van der Waals surface area contributed by atoms with E-state index in [2.05, 4.69) is 61.0 Å². The smallest absolute Gasteiger partial charge is 0.246 e. The van der Waals surface area contributed by atoms with E-state index in [-0.39, 0.29) is 5.91 Å². The van der Waals surface area contributed by atoms with Crippen LogP contribution >= 0.6 is 0 Å². The van der Waals surface area contributed by atoms with Crippen molar-refractivity contribution in [1.82, 2.24) is 9.47 Å². The van der Waals surface area contributed by atoms with Crippen LogP contribution in [0.4, 0.5) is 0 Å². The van der Waals surface area contributed by atoms with E-state index in [1.807, 2.05) is 41.3 Å². The third-order valence-electron chi connectivity index (χ3n) is 5.19. The SMILES string of the molecule is CCCCN(Cc1cccn1Cc1ccccc1C)C(=O)C=Cc1ccccc1. The van der Waals surface area contributed by atoms with Gasteiger partial charge in [-0.05, 0) is 48.2 Å². The Balaban J connectivity index is 1.73. The number of benzene rings is 2. The number of rotatable bonds is 9. The summed E-state index contributed by atoms with van der Waals surface area (Å²) in [5, 5.41) is 0. The second kappa shape index (κ2) is 10.5. The van der Waals surface area contributed by atoms with Crippen molar-refractivity contribution in [3.8, 4) is 0 Å². The van der Waals surface area contributed by atoms with Gasteiger partial charge in [-0.3, -0.25) is 4.79 Å². The highest BCUT2D eigenvalue weighted by atomic mass is 16.2. The molecule has 150 valence electrons. The Bertz CT molecular complexity index is 940. The van der Waals surface area contributed by atoms with Crippen LogP contribution in [0.2, 0.25) is 0 Å². The number of unbranched alkanes of at least 4 members (excludes halogenated alkanes) is 1. The standard InChI is InChI=1S/C26H30N2O/c1-3-4-18-28(26(29)17-16-23-12-6-5-7-13-23)21-25-15-10-19-27(25)20-24-14-9-8-11-22(24)2/h5-17,19H,3-4,18,20-21H2,1-2H3. The van der Waals surface area contributed by atoms with Crippen LogP contribution in [0.25, 0.3) is 6.08 Å². The van der Waals surface area contributed by atoms with Gasteiger partial charge < -0.3 is 9.47 Å². The highest BCUT2D eigenvalue weighted by molar-refractivity contribution is 5.91. The lowest BCUT2D eigenvalue weighted by Gasteiger charge is -2.22. The van der Waals surface area contributed by atoms with Crippen LogP contribution in [0.3, 0.4) is 0 Å². The predicted molar refractivity (Wildman–Crippen MR) is 121 cm³/mol. The molecular formula is C26H30N2O. The summed E-state index contributed by atoms with van der Waals surface area (Å²) < 4.78 is 2.25. The molecule has 0 saturated heterocycles. The lowest BCUT2D eigenvalue weighted by Crippen LogP contribution is -2.31. The van der Waals surface area contributed by atoms with Gasteiger partial charge >= 0.3 is 0 Å². The Morgan fingerprint density at radius 3 is 2.52 bits per heavy atom. The van der Waals surface area contributed by atoms with Crippen LogP contribution in [0.5, 0.6) is 0 Å². The van der Waals surface area contributed by atoms with Crippen LogP contribution in [-0.2, 0) is 17.9 Å². The zero-order valence-electron chi connectivity index (χ0n) is 17.4. The molecule has 0 N–H and O–H groups in total. The van der Waals surface area contributed by atoms with E-state index >= 15 is 0 Å². The molecule has 29 heavy (non-hydrogen) atoms. The van der Waals surface area contributed by atoms with Crippen molar-refractivity contribution in [2.45, 2.75) is 39.8 Å². The topological polar surface area (TPSA) is 25.2 Å². The number of nitrogens with zero attached hydrogens (tertiary/aromatic N) is 2. The second-order valence-electron chi connectivity index (χ2n) is 7.41. The molecule has 3 nitrogen and oxygen atoms in total. The third-order valence-corrected chi connectivity index (χ3v) is 5.19. The van der Waals surface area contributed by atoms with Gasteiger partial charge in [0.05, 0.1) is 6.54 Å². The van der Waals surface area contributed by atoms with Crippen molar-refractivity contribution >= 4 is 12.0 Å². The second-order valence-corrected chi connectivity index (χ2v) is 7.41. The molecule has 0 aliphatic rings. The minimum Gasteiger partial charge on any atom is -0.345 e. The van der Waals surface area contributed by atoms with Crippen LogP contribution in [0.1, 0.15) is 42.1 Å². The van der Waals surface area contributed by atoms with Gasteiger partial charge in [-0.25, -0.2) is 0 Å². The van der Waals surface area contributed by atoms with E-state index < -0.39 is 0 Å². The van der Waals surface area contributed by atoms with E-state index in [0.717, 1.165) is 37.2 Å². The Kier molecular flexibility index (Phi) is 7.46. The molecule has 3 rings (SSSR count). The highest BCUT2D eigenvalue weighted by Gasteiger charge is 2.13. The monoisotopic (exact) mass is 386 g/mol. The maximum absolute atomic E-state index is 12.9. The van der Waals surface area contributed by atoms with Crippen molar-refractivity contribution in [1.29, 1.82) is 0 Å². The largest absolute Gasteiger partial charge is 0.345 e. The number of carbonyl (C=O) groups excluding carboxylic acids is 1. The summed E-state index contributed by atoms with van der Waals surface area (Å²) in [5.41, 5.74) is 4.79. The van der Waals surface area contributed by atoms with Gasteiger partial charge in [0.1, 0.15) is 0 Å². The Morgan fingerprint density at radius 1 is 1.00 bits per heavy atom. The molecule has 0 spiro atoms. The molecule has 0 saturated carbocycles. The van der Waals surface area contributed by atoms with Gasteiger partial charge in [0.15, 0.2) is 0 Å². The van der Waals surface area contributed by atoms with E-state index in [0.29, 0.717) is 6.54 Å². The summed E-state index contributed by atoms with van der Waals surface area (Å²) in [6.07, 6.45) is 7.76. The first-order chi connectivity index (χ1) is 14.2. The van der Waals surface area contributed by atoms with E-state index in [1.54, 1.807) is 6.08 Å². The molecule has 0 bridgehead atoms. The molecule has 1 aromatic heterocycles. The van der Waals surface area contributed by atoms with E-state index in [4.69, 9.17) is 0 Å². The molecule has 0 atom stereocenters. The summed E-state index contributed by atoms with van der Waals surface area (Å²) in [5.74, 6) is 0.0611. The van der Waals surface area contributed by atoms with Crippen molar-refractivity contribution in [3.05, 3.63) is 101 Å². The van der Waals surface area contributed by atoms with Gasteiger partial charge in [-0.15, -0.1) is 0 Å². The maximum Gasteiger partial charge on any atom is 0.246 e. The fourth-order valence-electron chi connectivity index (χ4n) is 3.37. The average molecular weight is 387 g/mol. The van der Waals surface area contributed by atoms with Gasteiger partial charge in [0.25, 0.3) is 0 Å². The van der Waals surface area contributed by atoms with Gasteiger partial charge in [0.2, 0.25) is 5.91 Å². The van der Waals surface area contributed by atoms with Crippen molar-refractivity contribution in [2.75, 3.05) is 6.54 Å². The predicted octanol–water partition coefficient (Wildman–Crippen LogP) is 5.69. The van der Waals surface area contributed by atoms with Crippen molar-refractivity contribution in [2.24, 2.45) is 0 Å². The average Bonchev–Trinajstić information content (AvgIpc) is 3.18. The first-order valence-corrected chi connectivity index (χ1v) is 10.4. The number of aromatic nitrogens is 1. The molecular weight excluding hydrogens is 356 g/mol. The molecule has 0 radical (unpaired) electrons. The number of aryl methyl sites for hydroxylation is 1. The summed E-state index contributed by atoms with van der Waals surface area (Å²) in [6, 6.07) is 22.6. The highest BCUT2D eigenvalue weighted by Crippen LogP contribution is 2.14. The van der Waals surface area contributed by atoms with Crippen molar-refractivity contribution < 1.29 is 4.79 Å². The quantitative estimate of drug-likeness (QED) is 0.434. The molecule has 0 aliphatic heterocycles. The molecule has 0 fully saturated rings. The zero-order valence-corrected chi connectivity index (χ0v) is 17.4. The number of carbonyl (C=O) groups is 1. The summed E-state index contributed by atoms with van der Waals surface area (Å²) in [4.78, 5) is 14.9. The minimum absolute atomic E-state index is 0.0611. The maximum atomic E-state index is 12.9. The molecule has 0 aliphatic carbocycles. The third kappa shape index (κ3) is 5.95. The Hall–Kier alpha value is -3.07. The van der Waals surface area contributed by atoms with Crippen LogP contribution < -0.4 is 0 Å². The number of amides is 1. The van der Waals surface area contributed by atoms with Gasteiger partial charge in [0, 0.05) is 31.1 Å².